The molecule has 0 atom stereocenters. The zero-order valence-electron chi connectivity index (χ0n) is 10.4. The van der Waals surface area contributed by atoms with Crippen molar-refractivity contribution >= 4 is 37.3 Å². The van der Waals surface area contributed by atoms with Gasteiger partial charge < -0.3 is 5.32 Å². The summed E-state index contributed by atoms with van der Waals surface area (Å²) in [5.41, 5.74) is 0.679. The van der Waals surface area contributed by atoms with Crippen LogP contribution in [-0.4, -0.2) is 20.4 Å². The summed E-state index contributed by atoms with van der Waals surface area (Å²) in [6, 6.07) is 5.41. The lowest BCUT2D eigenvalue weighted by molar-refractivity contribution is 0.600. The molecule has 20 heavy (non-hydrogen) atoms. The second kappa shape index (κ2) is 5.76. The van der Waals surface area contributed by atoms with E-state index in [-0.39, 0.29) is 15.1 Å². The van der Waals surface area contributed by atoms with Gasteiger partial charge in [0.05, 0.1) is 15.8 Å². The highest BCUT2D eigenvalue weighted by molar-refractivity contribution is 9.10. The molecule has 0 radical (unpaired) electrons. The minimum atomic E-state index is -3.80. The highest BCUT2D eigenvalue weighted by atomic mass is 79.9. The van der Waals surface area contributed by atoms with Crippen molar-refractivity contribution in [3.8, 4) is 0 Å². The molecule has 1 aromatic heterocycles. The van der Waals surface area contributed by atoms with Gasteiger partial charge in [0.25, 0.3) is 10.0 Å². The molecule has 1 aromatic carbocycles. The van der Waals surface area contributed by atoms with Crippen molar-refractivity contribution in [3.05, 3.63) is 46.9 Å². The molecule has 0 fully saturated rings. The van der Waals surface area contributed by atoms with Crippen LogP contribution in [0.1, 0.15) is 0 Å². The number of hydrogen-bond acceptors (Lipinski definition) is 4. The first-order valence-corrected chi connectivity index (χ1v) is 7.81. The van der Waals surface area contributed by atoms with E-state index in [1.807, 2.05) is 0 Å². The van der Waals surface area contributed by atoms with Gasteiger partial charge in [0.1, 0.15) is 10.7 Å². The third-order valence-electron chi connectivity index (χ3n) is 2.52. The Hall–Kier alpha value is -1.67. The van der Waals surface area contributed by atoms with Gasteiger partial charge in [-0.2, -0.15) is 0 Å². The van der Waals surface area contributed by atoms with Crippen LogP contribution < -0.4 is 10.0 Å². The molecule has 0 saturated heterocycles. The highest BCUT2D eigenvalue weighted by Crippen LogP contribution is 2.25. The standard InChI is InChI=1S/C12H11BrFN3O2S/c1-15-11-4-5-16-7-12(11)20(18,19)17-8-2-3-10(14)9(13)6-8/h2-7,17H,1H3,(H,15,16). The number of halogens is 2. The predicted molar refractivity (Wildman–Crippen MR) is 78.7 cm³/mol. The van der Waals surface area contributed by atoms with Crippen molar-refractivity contribution in [1.82, 2.24) is 4.98 Å². The molecule has 106 valence electrons. The lowest BCUT2D eigenvalue weighted by Crippen LogP contribution is -2.15. The molecule has 0 aliphatic heterocycles. The number of pyridine rings is 1. The average molecular weight is 360 g/mol. The van der Waals surface area contributed by atoms with Crippen LogP contribution in [0.5, 0.6) is 0 Å². The van der Waals surface area contributed by atoms with Crippen LogP contribution in [0.3, 0.4) is 0 Å². The molecule has 8 heteroatoms. The fourth-order valence-electron chi connectivity index (χ4n) is 1.57. The second-order valence-corrected chi connectivity index (χ2v) is 6.36. The Morgan fingerprint density at radius 3 is 2.70 bits per heavy atom. The smallest absolute Gasteiger partial charge is 0.265 e. The maximum absolute atomic E-state index is 13.1. The minimum absolute atomic E-state index is 0.0166. The number of sulfonamides is 1. The molecule has 0 amide bonds. The normalized spacial score (nSPS) is 11.2. The molecular formula is C12H11BrFN3O2S. The molecule has 0 spiro atoms. The number of rotatable bonds is 4. The van der Waals surface area contributed by atoms with Gasteiger partial charge in [-0.15, -0.1) is 0 Å². The van der Waals surface area contributed by atoms with E-state index in [9.17, 15) is 12.8 Å². The Bertz CT molecular complexity index is 737. The third-order valence-corrected chi connectivity index (χ3v) is 4.53. The molecule has 0 unspecified atom stereocenters. The summed E-state index contributed by atoms with van der Waals surface area (Å²) in [7, 11) is -2.19. The van der Waals surface area contributed by atoms with Gasteiger partial charge in [-0.25, -0.2) is 12.8 Å². The van der Waals surface area contributed by atoms with E-state index >= 15 is 0 Å². The lowest BCUT2D eigenvalue weighted by atomic mass is 10.3. The first kappa shape index (κ1) is 14.7. The Balaban J connectivity index is 2.38. The summed E-state index contributed by atoms with van der Waals surface area (Å²) >= 11 is 3.00. The van der Waals surface area contributed by atoms with Crippen molar-refractivity contribution < 1.29 is 12.8 Å². The van der Waals surface area contributed by atoms with Gasteiger partial charge in [0, 0.05) is 19.4 Å². The summed E-state index contributed by atoms with van der Waals surface area (Å²) in [5, 5.41) is 2.78. The van der Waals surface area contributed by atoms with E-state index in [1.165, 1.54) is 30.6 Å². The second-order valence-electron chi connectivity index (χ2n) is 3.86. The first-order chi connectivity index (χ1) is 9.44. The number of nitrogens with one attached hydrogen (secondary N) is 2. The maximum Gasteiger partial charge on any atom is 0.265 e. The van der Waals surface area contributed by atoms with E-state index < -0.39 is 15.8 Å². The van der Waals surface area contributed by atoms with Crippen molar-refractivity contribution in [2.45, 2.75) is 4.90 Å². The number of anilines is 2. The van der Waals surface area contributed by atoms with Gasteiger partial charge >= 0.3 is 0 Å². The summed E-state index contributed by atoms with van der Waals surface area (Å²) < 4.78 is 40.2. The molecule has 1 heterocycles. The van der Waals surface area contributed by atoms with Crippen LogP contribution in [0.25, 0.3) is 0 Å². The summed E-state index contributed by atoms with van der Waals surface area (Å²) in [5.74, 6) is -0.467. The number of aromatic nitrogens is 1. The molecule has 2 rings (SSSR count). The quantitative estimate of drug-likeness (QED) is 0.880. The molecular weight excluding hydrogens is 349 g/mol. The number of benzene rings is 1. The van der Waals surface area contributed by atoms with Crippen molar-refractivity contribution in [2.75, 3.05) is 17.1 Å². The molecule has 0 saturated carbocycles. The largest absolute Gasteiger partial charge is 0.387 e. The van der Waals surface area contributed by atoms with E-state index in [0.29, 0.717) is 5.69 Å². The Kier molecular flexibility index (Phi) is 4.24. The molecule has 0 aliphatic rings. The Morgan fingerprint density at radius 2 is 2.05 bits per heavy atom. The molecule has 2 aromatic rings. The van der Waals surface area contributed by atoms with Crippen LogP contribution in [0.2, 0.25) is 0 Å². The van der Waals surface area contributed by atoms with Crippen LogP contribution in [0.4, 0.5) is 15.8 Å². The average Bonchev–Trinajstić information content (AvgIpc) is 2.42. The molecule has 5 nitrogen and oxygen atoms in total. The van der Waals surface area contributed by atoms with Crippen molar-refractivity contribution in [3.63, 3.8) is 0 Å². The third kappa shape index (κ3) is 3.07. The van der Waals surface area contributed by atoms with Crippen LogP contribution in [-0.2, 0) is 10.0 Å². The van der Waals surface area contributed by atoms with Crippen LogP contribution in [0, 0.1) is 5.82 Å². The van der Waals surface area contributed by atoms with Gasteiger partial charge in [0.2, 0.25) is 0 Å². The monoisotopic (exact) mass is 359 g/mol. The zero-order chi connectivity index (χ0) is 14.8. The number of nitrogens with zero attached hydrogens (tertiary/aromatic N) is 1. The van der Waals surface area contributed by atoms with Crippen molar-refractivity contribution in [2.24, 2.45) is 0 Å². The summed E-state index contributed by atoms with van der Waals surface area (Å²) in [6.45, 7) is 0. The first-order valence-electron chi connectivity index (χ1n) is 5.53. The van der Waals surface area contributed by atoms with E-state index in [4.69, 9.17) is 0 Å². The topological polar surface area (TPSA) is 71.1 Å². The molecule has 0 bridgehead atoms. The van der Waals surface area contributed by atoms with Crippen LogP contribution in [0.15, 0.2) is 46.0 Å². The lowest BCUT2D eigenvalue weighted by Gasteiger charge is -2.11. The minimum Gasteiger partial charge on any atom is -0.387 e. The van der Waals surface area contributed by atoms with Crippen LogP contribution >= 0.6 is 15.9 Å². The SMILES string of the molecule is CNc1ccncc1S(=O)(=O)Nc1ccc(F)c(Br)c1. The van der Waals surface area contributed by atoms with E-state index in [2.05, 4.69) is 31.0 Å². The zero-order valence-corrected chi connectivity index (χ0v) is 12.8. The van der Waals surface area contributed by atoms with E-state index in [0.717, 1.165) is 0 Å². The Labute approximate surface area is 124 Å². The molecule has 0 aliphatic carbocycles. The highest BCUT2D eigenvalue weighted by Gasteiger charge is 2.18. The van der Waals surface area contributed by atoms with Gasteiger partial charge in [-0.3, -0.25) is 9.71 Å². The van der Waals surface area contributed by atoms with E-state index in [1.54, 1.807) is 13.1 Å². The fourth-order valence-corrected chi connectivity index (χ4v) is 3.16. The maximum atomic E-state index is 13.1. The summed E-state index contributed by atoms with van der Waals surface area (Å²) in [4.78, 5) is 3.82. The fraction of sp³-hybridized carbons (Fsp3) is 0.0833. The van der Waals surface area contributed by atoms with Gasteiger partial charge in [-0.1, -0.05) is 0 Å². The molecule has 2 N–H and O–H groups in total. The van der Waals surface area contributed by atoms with Gasteiger partial charge in [0.15, 0.2) is 0 Å². The summed E-state index contributed by atoms with van der Waals surface area (Å²) in [6.07, 6.45) is 2.73. The predicted octanol–water partition coefficient (Wildman–Crippen LogP) is 2.83. The van der Waals surface area contributed by atoms with Gasteiger partial charge in [-0.05, 0) is 40.2 Å². The number of hydrogen-bond donors (Lipinski definition) is 2. The Morgan fingerprint density at radius 1 is 1.30 bits per heavy atom. The van der Waals surface area contributed by atoms with Crippen molar-refractivity contribution in [1.29, 1.82) is 0 Å².